The molecule has 0 atom stereocenters. The van der Waals surface area contributed by atoms with Gasteiger partial charge in [0.2, 0.25) is 0 Å². The molecule has 0 spiro atoms. The van der Waals surface area contributed by atoms with Crippen molar-refractivity contribution in [3.05, 3.63) is 109 Å². The van der Waals surface area contributed by atoms with Crippen molar-refractivity contribution in [1.82, 2.24) is 0 Å². The zero-order valence-corrected chi connectivity index (χ0v) is 19.2. The highest BCUT2D eigenvalue weighted by molar-refractivity contribution is 6.31. The molecule has 0 aromatic heterocycles. The summed E-state index contributed by atoms with van der Waals surface area (Å²) in [5.41, 5.74) is 4.47. The molecule has 0 radical (unpaired) electrons. The normalized spacial score (nSPS) is 11.2. The largest absolute Gasteiger partial charge is 0.495 e. The first-order chi connectivity index (χ1) is 16.8. The van der Waals surface area contributed by atoms with Gasteiger partial charge in [0.05, 0.1) is 14.2 Å². The average molecular weight is 441 g/mol. The molecule has 0 bridgehead atoms. The van der Waals surface area contributed by atoms with Gasteiger partial charge in [-0.3, -0.25) is 0 Å². The molecule has 0 saturated carbocycles. The molecule has 0 aliphatic heterocycles. The summed E-state index contributed by atoms with van der Waals surface area (Å²) in [5.74, 6) is 1.78. The Morgan fingerprint density at radius 1 is 0.382 bits per heavy atom. The highest BCUT2D eigenvalue weighted by Gasteiger charge is 2.24. The summed E-state index contributed by atoms with van der Waals surface area (Å²) in [4.78, 5) is 0. The molecule has 0 aliphatic carbocycles. The monoisotopic (exact) mass is 440 g/mol. The Hall–Kier alpha value is -4.30. The molecule has 34 heavy (non-hydrogen) atoms. The number of hydrogen-bond acceptors (Lipinski definition) is 2. The first kappa shape index (κ1) is 20.3. The van der Waals surface area contributed by atoms with E-state index in [0.717, 1.165) is 55.3 Å². The molecular weight excluding hydrogens is 416 g/mol. The molecule has 6 aromatic carbocycles. The minimum Gasteiger partial charge on any atom is -0.495 e. The first-order valence-corrected chi connectivity index (χ1v) is 11.5. The van der Waals surface area contributed by atoms with E-state index in [1.54, 1.807) is 14.2 Å². The van der Waals surface area contributed by atoms with E-state index in [1.165, 1.54) is 10.8 Å². The van der Waals surface area contributed by atoms with Crippen LogP contribution >= 0.6 is 0 Å². The smallest absolute Gasteiger partial charge is 0.135 e. The average Bonchev–Trinajstić information content (AvgIpc) is 2.92. The minimum atomic E-state index is 0.892. The summed E-state index contributed by atoms with van der Waals surface area (Å²) in [7, 11) is 3.54. The van der Waals surface area contributed by atoms with Gasteiger partial charge in [-0.2, -0.15) is 0 Å². The summed E-state index contributed by atoms with van der Waals surface area (Å²) < 4.78 is 12.3. The summed E-state index contributed by atoms with van der Waals surface area (Å²) in [6.07, 6.45) is 0. The van der Waals surface area contributed by atoms with Gasteiger partial charge in [-0.1, -0.05) is 109 Å². The van der Waals surface area contributed by atoms with Crippen molar-refractivity contribution in [2.24, 2.45) is 0 Å². The standard InChI is InChI=1S/C32H24O2/c1-33-31-25-19-11-9-17-23(25)30-28(22-15-7-4-8-16-22)32(34-2)26-20-12-10-18-24(26)29(30)27(31)21-13-5-3-6-14-21/h3-20H,1-2H3. The lowest BCUT2D eigenvalue weighted by Gasteiger charge is -2.23. The molecule has 0 heterocycles. The second kappa shape index (κ2) is 8.24. The summed E-state index contributed by atoms with van der Waals surface area (Å²) in [5, 5.41) is 6.83. The number of ether oxygens (including phenoxy) is 2. The Morgan fingerprint density at radius 3 is 1.06 bits per heavy atom. The molecule has 0 fully saturated rings. The molecular formula is C32H24O2. The fourth-order valence-corrected chi connectivity index (χ4v) is 5.27. The first-order valence-electron chi connectivity index (χ1n) is 11.5. The van der Waals surface area contributed by atoms with Gasteiger partial charge in [0, 0.05) is 32.7 Å². The van der Waals surface area contributed by atoms with Crippen LogP contribution in [0.1, 0.15) is 0 Å². The van der Waals surface area contributed by atoms with Crippen LogP contribution in [-0.4, -0.2) is 14.2 Å². The molecule has 6 aromatic rings. The van der Waals surface area contributed by atoms with Crippen LogP contribution in [0.4, 0.5) is 0 Å². The fourth-order valence-electron chi connectivity index (χ4n) is 5.27. The molecule has 6 rings (SSSR count). The molecule has 2 heteroatoms. The van der Waals surface area contributed by atoms with Crippen molar-refractivity contribution < 1.29 is 9.47 Å². The van der Waals surface area contributed by atoms with Crippen molar-refractivity contribution in [3.8, 4) is 33.8 Å². The van der Waals surface area contributed by atoms with Gasteiger partial charge < -0.3 is 9.47 Å². The highest BCUT2D eigenvalue weighted by atomic mass is 16.5. The lowest BCUT2D eigenvalue weighted by Crippen LogP contribution is -1.98. The van der Waals surface area contributed by atoms with Crippen LogP contribution < -0.4 is 9.47 Å². The van der Waals surface area contributed by atoms with E-state index in [-0.39, 0.29) is 0 Å². The number of methoxy groups -OCH3 is 2. The van der Waals surface area contributed by atoms with Crippen molar-refractivity contribution >= 4 is 32.3 Å². The summed E-state index contributed by atoms with van der Waals surface area (Å²) >= 11 is 0. The van der Waals surface area contributed by atoms with Gasteiger partial charge in [0.15, 0.2) is 0 Å². The predicted octanol–water partition coefficient (Wildman–Crippen LogP) is 8.50. The van der Waals surface area contributed by atoms with Gasteiger partial charge in [0.1, 0.15) is 11.5 Å². The third-order valence-electron chi connectivity index (χ3n) is 6.62. The second-order valence-corrected chi connectivity index (χ2v) is 8.39. The maximum atomic E-state index is 6.14. The molecule has 0 unspecified atom stereocenters. The third kappa shape index (κ3) is 2.96. The molecule has 0 aliphatic rings. The number of fused-ring (bicyclic) bond motifs is 5. The zero-order chi connectivity index (χ0) is 23.1. The zero-order valence-electron chi connectivity index (χ0n) is 19.2. The van der Waals surface area contributed by atoms with Crippen molar-refractivity contribution in [2.45, 2.75) is 0 Å². The molecule has 0 saturated heterocycles. The topological polar surface area (TPSA) is 18.5 Å². The molecule has 0 amide bonds. The van der Waals surface area contributed by atoms with E-state index in [0.29, 0.717) is 0 Å². The van der Waals surface area contributed by atoms with Crippen molar-refractivity contribution in [1.29, 1.82) is 0 Å². The number of benzene rings is 6. The van der Waals surface area contributed by atoms with E-state index < -0.39 is 0 Å². The maximum absolute atomic E-state index is 6.14. The van der Waals surface area contributed by atoms with E-state index in [2.05, 4.69) is 109 Å². The SMILES string of the molecule is COc1c(-c2ccccc2)c2c3ccccc3c(OC)c(-c3ccccc3)c2c2ccccc12. The minimum absolute atomic E-state index is 0.892. The van der Waals surface area contributed by atoms with Crippen LogP contribution in [0.25, 0.3) is 54.6 Å². The Labute approximate surface area is 199 Å². The van der Waals surface area contributed by atoms with E-state index in [1.807, 2.05) is 0 Å². The van der Waals surface area contributed by atoms with Crippen LogP contribution in [0, 0.1) is 0 Å². The third-order valence-corrected chi connectivity index (χ3v) is 6.62. The number of rotatable bonds is 4. The second-order valence-electron chi connectivity index (χ2n) is 8.39. The fraction of sp³-hybridized carbons (Fsp3) is 0.0625. The maximum Gasteiger partial charge on any atom is 0.135 e. The quantitative estimate of drug-likeness (QED) is 0.256. The van der Waals surface area contributed by atoms with Crippen LogP contribution in [0.3, 0.4) is 0 Å². The van der Waals surface area contributed by atoms with E-state index in [4.69, 9.17) is 9.47 Å². The lowest BCUT2D eigenvalue weighted by atomic mass is 9.84. The van der Waals surface area contributed by atoms with Crippen LogP contribution in [0.5, 0.6) is 11.5 Å². The Bertz CT molecular complexity index is 1530. The van der Waals surface area contributed by atoms with Gasteiger partial charge in [-0.25, -0.2) is 0 Å². The van der Waals surface area contributed by atoms with Crippen molar-refractivity contribution in [3.63, 3.8) is 0 Å². The Balaban J connectivity index is 2.01. The van der Waals surface area contributed by atoms with Gasteiger partial charge >= 0.3 is 0 Å². The Kier molecular flexibility index (Phi) is 4.92. The van der Waals surface area contributed by atoms with Crippen molar-refractivity contribution in [2.75, 3.05) is 14.2 Å². The van der Waals surface area contributed by atoms with Crippen LogP contribution in [0.2, 0.25) is 0 Å². The van der Waals surface area contributed by atoms with E-state index >= 15 is 0 Å². The summed E-state index contributed by atoms with van der Waals surface area (Å²) in [6, 6.07) is 38.1. The molecule has 0 N–H and O–H groups in total. The van der Waals surface area contributed by atoms with Crippen LogP contribution in [0.15, 0.2) is 109 Å². The highest BCUT2D eigenvalue weighted by Crippen LogP contribution is 2.52. The molecule has 2 nitrogen and oxygen atoms in total. The Morgan fingerprint density at radius 2 is 0.706 bits per heavy atom. The lowest BCUT2D eigenvalue weighted by molar-refractivity contribution is 0.421. The van der Waals surface area contributed by atoms with Gasteiger partial charge in [-0.05, 0) is 21.9 Å². The number of hydrogen-bond donors (Lipinski definition) is 0. The van der Waals surface area contributed by atoms with E-state index in [9.17, 15) is 0 Å². The predicted molar refractivity (Wildman–Crippen MR) is 143 cm³/mol. The van der Waals surface area contributed by atoms with Gasteiger partial charge in [0.25, 0.3) is 0 Å². The summed E-state index contributed by atoms with van der Waals surface area (Å²) in [6.45, 7) is 0. The van der Waals surface area contributed by atoms with Gasteiger partial charge in [-0.15, -0.1) is 0 Å². The van der Waals surface area contributed by atoms with Crippen LogP contribution in [-0.2, 0) is 0 Å². The molecule has 164 valence electrons.